The van der Waals surface area contributed by atoms with E-state index in [1.807, 2.05) is 11.8 Å². The smallest absolute Gasteiger partial charge is 0.368 e. The first kappa shape index (κ1) is 15.7. The Morgan fingerprint density at radius 2 is 2.17 bits per heavy atom. The van der Waals surface area contributed by atoms with Gasteiger partial charge in [0.2, 0.25) is 5.95 Å². The van der Waals surface area contributed by atoms with Crippen LogP contribution in [0.15, 0.2) is 10.9 Å². The molecular formula is C15H19F3N4O2. The number of morpholine rings is 1. The van der Waals surface area contributed by atoms with E-state index in [4.69, 9.17) is 4.74 Å². The van der Waals surface area contributed by atoms with Gasteiger partial charge in [0.25, 0.3) is 5.56 Å². The zero-order valence-corrected chi connectivity index (χ0v) is 13.3. The number of rotatable bonds is 1. The van der Waals surface area contributed by atoms with E-state index in [0.29, 0.717) is 18.9 Å². The van der Waals surface area contributed by atoms with Crippen LogP contribution in [0.4, 0.5) is 24.9 Å². The molecule has 1 saturated carbocycles. The second-order valence-corrected chi connectivity index (χ2v) is 6.95. The lowest BCUT2D eigenvalue weighted by Crippen LogP contribution is -2.49. The Morgan fingerprint density at radius 3 is 2.83 bits per heavy atom. The quantitative estimate of drug-likeness (QED) is 0.841. The summed E-state index contributed by atoms with van der Waals surface area (Å²) in [6, 6.07) is -0.259. The third-order valence-corrected chi connectivity index (χ3v) is 4.87. The number of fused-ring (bicyclic) bond motifs is 1. The summed E-state index contributed by atoms with van der Waals surface area (Å²) in [6.07, 6.45) is -2.60. The first-order chi connectivity index (χ1) is 11.3. The van der Waals surface area contributed by atoms with Crippen LogP contribution in [-0.4, -0.2) is 46.6 Å². The summed E-state index contributed by atoms with van der Waals surface area (Å²) in [5.41, 5.74) is -0.500. The molecule has 24 heavy (non-hydrogen) atoms. The molecule has 0 amide bonds. The van der Waals surface area contributed by atoms with Crippen LogP contribution in [0, 0.1) is 0 Å². The topological polar surface area (TPSA) is 59.4 Å². The molecule has 3 aliphatic rings. The molecule has 1 aromatic heterocycles. The van der Waals surface area contributed by atoms with E-state index in [-0.39, 0.29) is 36.2 Å². The highest BCUT2D eigenvalue weighted by Gasteiger charge is 2.50. The Hall–Kier alpha value is -1.77. The number of hydrogen-bond acceptors (Lipinski definition) is 5. The molecule has 0 aromatic carbocycles. The average molecular weight is 344 g/mol. The van der Waals surface area contributed by atoms with Crippen molar-refractivity contribution in [2.24, 2.45) is 0 Å². The van der Waals surface area contributed by atoms with Gasteiger partial charge in [-0.15, -0.1) is 0 Å². The van der Waals surface area contributed by atoms with Crippen molar-refractivity contribution in [2.75, 3.05) is 23.3 Å². The van der Waals surface area contributed by atoms with Crippen LogP contribution >= 0.6 is 0 Å². The van der Waals surface area contributed by atoms with Crippen LogP contribution in [0.5, 0.6) is 0 Å². The zero-order chi connectivity index (χ0) is 17.1. The molecule has 1 saturated heterocycles. The van der Waals surface area contributed by atoms with Crippen LogP contribution < -0.4 is 15.8 Å². The molecular weight excluding hydrogens is 325 g/mol. The predicted molar refractivity (Wildman–Crippen MR) is 81.3 cm³/mol. The van der Waals surface area contributed by atoms with E-state index in [2.05, 4.69) is 10.3 Å². The molecule has 1 aromatic rings. The third-order valence-electron chi connectivity index (χ3n) is 4.87. The summed E-state index contributed by atoms with van der Waals surface area (Å²) in [5, 5.41) is 2.37. The maximum absolute atomic E-state index is 12.9. The molecule has 1 N–H and O–H groups in total. The van der Waals surface area contributed by atoms with Gasteiger partial charge in [0.15, 0.2) is 0 Å². The molecule has 3 heterocycles. The van der Waals surface area contributed by atoms with Gasteiger partial charge in [-0.2, -0.15) is 18.2 Å². The van der Waals surface area contributed by atoms with Crippen molar-refractivity contribution in [3.8, 4) is 0 Å². The van der Waals surface area contributed by atoms with Crippen LogP contribution in [0.25, 0.3) is 0 Å². The number of halogens is 3. The van der Waals surface area contributed by atoms with E-state index in [9.17, 15) is 18.0 Å². The minimum Gasteiger partial charge on any atom is -0.368 e. The van der Waals surface area contributed by atoms with Gasteiger partial charge in [0, 0.05) is 25.7 Å². The Labute approximate surface area is 136 Å². The van der Waals surface area contributed by atoms with Crippen molar-refractivity contribution in [1.29, 1.82) is 0 Å². The fraction of sp³-hybridized carbons (Fsp3) is 0.733. The number of anilines is 2. The SMILES string of the molecule is CC1CN(c2cc(=O)n3c(n2)N[C@H](C(F)(F)F)CC3)CC2(CC2)O1. The summed E-state index contributed by atoms with van der Waals surface area (Å²) >= 11 is 0. The van der Waals surface area contributed by atoms with E-state index < -0.39 is 12.2 Å². The number of hydrogen-bond donors (Lipinski definition) is 1. The van der Waals surface area contributed by atoms with E-state index in [0.717, 1.165) is 12.8 Å². The van der Waals surface area contributed by atoms with Crippen molar-refractivity contribution in [1.82, 2.24) is 9.55 Å². The van der Waals surface area contributed by atoms with Crippen LogP contribution in [-0.2, 0) is 11.3 Å². The molecule has 132 valence electrons. The molecule has 6 nitrogen and oxygen atoms in total. The molecule has 4 rings (SSSR count). The Bertz CT molecular complexity index is 714. The van der Waals surface area contributed by atoms with Gasteiger partial charge in [-0.1, -0.05) is 0 Å². The second-order valence-electron chi connectivity index (χ2n) is 6.95. The standard InChI is InChI=1S/C15H19F3N4O2/c1-9-7-21(8-14(24-9)3-4-14)11-6-12(23)22-5-2-10(15(16,17)18)19-13(22)20-11/h6,9-10H,2-5,7-8H2,1H3,(H,19,20)/t9?,10-/m0/s1. The Morgan fingerprint density at radius 1 is 1.42 bits per heavy atom. The Balaban J connectivity index is 1.64. The van der Waals surface area contributed by atoms with Gasteiger partial charge in [-0.3, -0.25) is 9.36 Å². The normalized spacial score (nSPS) is 28.4. The molecule has 1 unspecified atom stereocenters. The van der Waals surface area contributed by atoms with Crippen molar-refractivity contribution in [3.63, 3.8) is 0 Å². The summed E-state index contributed by atoms with van der Waals surface area (Å²) < 4.78 is 46.0. The number of nitrogens with one attached hydrogen (secondary N) is 1. The molecule has 0 radical (unpaired) electrons. The highest BCUT2D eigenvalue weighted by Crippen LogP contribution is 2.44. The monoisotopic (exact) mass is 344 g/mol. The van der Waals surface area contributed by atoms with E-state index in [1.54, 1.807) is 0 Å². The minimum atomic E-state index is -4.36. The first-order valence-corrected chi connectivity index (χ1v) is 8.14. The summed E-state index contributed by atoms with van der Waals surface area (Å²) in [5.74, 6) is 0.415. The summed E-state index contributed by atoms with van der Waals surface area (Å²) in [7, 11) is 0. The second kappa shape index (κ2) is 5.11. The minimum absolute atomic E-state index is 0.00211. The van der Waals surface area contributed by atoms with Crippen molar-refractivity contribution in [2.45, 2.75) is 56.7 Å². The molecule has 1 aliphatic carbocycles. The van der Waals surface area contributed by atoms with Crippen molar-refractivity contribution < 1.29 is 17.9 Å². The van der Waals surface area contributed by atoms with Crippen LogP contribution in [0.2, 0.25) is 0 Å². The molecule has 1 spiro atoms. The maximum atomic E-state index is 12.9. The zero-order valence-electron chi connectivity index (χ0n) is 13.3. The summed E-state index contributed by atoms with van der Waals surface area (Å²) in [6.45, 7) is 3.16. The Kier molecular flexibility index (Phi) is 3.35. The lowest BCUT2D eigenvalue weighted by Gasteiger charge is -2.38. The number of nitrogens with zero attached hydrogens (tertiary/aromatic N) is 3. The lowest BCUT2D eigenvalue weighted by atomic mass is 10.1. The highest BCUT2D eigenvalue weighted by molar-refractivity contribution is 5.46. The average Bonchev–Trinajstić information content (AvgIpc) is 3.23. The molecule has 9 heteroatoms. The van der Waals surface area contributed by atoms with Crippen LogP contribution in [0.3, 0.4) is 0 Å². The predicted octanol–water partition coefficient (Wildman–Crippen LogP) is 1.75. The van der Waals surface area contributed by atoms with Gasteiger partial charge in [0.05, 0.1) is 11.7 Å². The highest BCUT2D eigenvalue weighted by atomic mass is 19.4. The largest absolute Gasteiger partial charge is 0.408 e. The van der Waals surface area contributed by atoms with Gasteiger partial charge in [0.1, 0.15) is 11.9 Å². The molecule has 2 fully saturated rings. The van der Waals surface area contributed by atoms with Gasteiger partial charge in [-0.25, -0.2) is 0 Å². The third kappa shape index (κ3) is 2.74. The number of ether oxygens (including phenoxy) is 1. The number of alkyl halides is 3. The van der Waals surface area contributed by atoms with Crippen molar-refractivity contribution in [3.05, 3.63) is 16.4 Å². The summed E-state index contributed by atoms with van der Waals surface area (Å²) in [4.78, 5) is 18.5. The maximum Gasteiger partial charge on any atom is 0.408 e. The first-order valence-electron chi connectivity index (χ1n) is 8.14. The fourth-order valence-electron chi connectivity index (χ4n) is 3.53. The lowest BCUT2D eigenvalue weighted by molar-refractivity contribution is -0.145. The van der Waals surface area contributed by atoms with Gasteiger partial charge in [-0.05, 0) is 26.2 Å². The molecule has 2 atom stereocenters. The van der Waals surface area contributed by atoms with Gasteiger partial charge >= 0.3 is 6.18 Å². The van der Waals surface area contributed by atoms with Gasteiger partial charge < -0.3 is 15.0 Å². The molecule has 0 bridgehead atoms. The fourth-order valence-corrected chi connectivity index (χ4v) is 3.53. The number of aromatic nitrogens is 2. The van der Waals surface area contributed by atoms with E-state index in [1.165, 1.54) is 10.6 Å². The molecule has 2 aliphatic heterocycles. The van der Waals surface area contributed by atoms with Crippen molar-refractivity contribution >= 4 is 11.8 Å². The van der Waals surface area contributed by atoms with Crippen LogP contribution in [0.1, 0.15) is 26.2 Å². The van der Waals surface area contributed by atoms with E-state index >= 15 is 0 Å².